The maximum absolute atomic E-state index is 5.55. The molecule has 1 aromatic carbocycles. The number of methoxy groups -OCH3 is 1. The van der Waals surface area contributed by atoms with Crippen LogP contribution in [0.2, 0.25) is 0 Å². The predicted molar refractivity (Wildman–Crippen MR) is 70.0 cm³/mol. The Bertz CT molecular complexity index is 285. The zero-order valence-electron chi connectivity index (χ0n) is 10.9. The maximum Gasteiger partial charge on any atom is 0.0716 e. The molecule has 0 amide bonds. The van der Waals surface area contributed by atoms with Crippen molar-refractivity contribution in [2.45, 2.75) is 26.5 Å². The summed E-state index contributed by atoms with van der Waals surface area (Å²) >= 11 is 0. The van der Waals surface area contributed by atoms with Gasteiger partial charge in [-0.1, -0.05) is 31.2 Å². The third-order valence-electron chi connectivity index (χ3n) is 2.51. The van der Waals surface area contributed by atoms with E-state index in [9.17, 15) is 0 Å². The number of benzene rings is 1. The number of nitrogens with one attached hydrogen (secondary N) is 1. The second-order valence-corrected chi connectivity index (χ2v) is 4.00. The largest absolute Gasteiger partial charge is 0.385 e. The first-order chi connectivity index (χ1) is 8.36. The molecule has 17 heavy (non-hydrogen) atoms. The van der Waals surface area contributed by atoms with Gasteiger partial charge in [0.25, 0.3) is 0 Å². The maximum atomic E-state index is 5.55. The van der Waals surface area contributed by atoms with Crippen molar-refractivity contribution in [3.63, 3.8) is 0 Å². The van der Waals surface area contributed by atoms with Crippen LogP contribution < -0.4 is 5.32 Å². The lowest BCUT2D eigenvalue weighted by atomic mass is 10.1. The van der Waals surface area contributed by atoms with Gasteiger partial charge in [-0.15, -0.1) is 0 Å². The molecule has 0 fully saturated rings. The highest BCUT2D eigenvalue weighted by molar-refractivity contribution is 5.21. The van der Waals surface area contributed by atoms with E-state index >= 15 is 0 Å². The molecule has 0 bridgehead atoms. The van der Waals surface area contributed by atoms with Crippen molar-refractivity contribution in [2.24, 2.45) is 0 Å². The van der Waals surface area contributed by atoms with Gasteiger partial charge in [-0.3, -0.25) is 0 Å². The summed E-state index contributed by atoms with van der Waals surface area (Å²) in [5, 5.41) is 3.31. The van der Waals surface area contributed by atoms with Crippen LogP contribution in [0.4, 0.5) is 0 Å². The van der Waals surface area contributed by atoms with Crippen LogP contribution in [-0.4, -0.2) is 26.9 Å². The highest BCUT2D eigenvalue weighted by Gasteiger charge is 1.95. The molecule has 1 aromatic rings. The zero-order valence-corrected chi connectivity index (χ0v) is 10.9. The Morgan fingerprint density at radius 1 is 1.06 bits per heavy atom. The van der Waals surface area contributed by atoms with Gasteiger partial charge in [0.05, 0.1) is 6.61 Å². The number of hydrogen-bond donors (Lipinski definition) is 1. The molecule has 0 aliphatic rings. The van der Waals surface area contributed by atoms with Crippen LogP contribution in [0.5, 0.6) is 0 Å². The minimum Gasteiger partial charge on any atom is -0.385 e. The van der Waals surface area contributed by atoms with Crippen molar-refractivity contribution >= 4 is 0 Å². The molecule has 0 radical (unpaired) electrons. The van der Waals surface area contributed by atoms with Crippen LogP contribution in [0.1, 0.15) is 24.5 Å². The van der Waals surface area contributed by atoms with E-state index in [-0.39, 0.29) is 0 Å². The average molecular weight is 237 g/mol. The van der Waals surface area contributed by atoms with Crippen LogP contribution in [-0.2, 0) is 22.6 Å². The summed E-state index contributed by atoms with van der Waals surface area (Å²) in [4.78, 5) is 0. The predicted octanol–water partition coefficient (Wildman–Crippen LogP) is 2.35. The van der Waals surface area contributed by atoms with Crippen molar-refractivity contribution in [1.82, 2.24) is 5.32 Å². The van der Waals surface area contributed by atoms with Crippen LogP contribution in [0.15, 0.2) is 24.3 Å². The number of ether oxygens (including phenoxy) is 2. The molecule has 0 heterocycles. The van der Waals surface area contributed by atoms with Gasteiger partial charge in [-0.05, 0) is 24.1 Å². The Morgan fingerprint density at radius 2 is 1.76 bits per heavy atom. The molecule has 3 heteroatoms. The van der Waals surface area contributed by atoms with Gasteiger partial charge in [0.15, 0.2) is 0 Å². The van der Waals surface area contributed by atoms with Gasteiger partial charge in [0, 0.05) is 26.9 Å². The van der Waals surface area contributed by atoms with Crippen molar-refractivity contribution in [1.29, 1.82) is 0 Å². The number of rotatable bonds is 9. The number of hydrogen-bond acceptors (Lipinski definition) is 3. The van der Waals surface area contributed by atoms with Gasteiger partial charge < -0.3 is 14.8 Å². The summed E-state index contributed by atoms with van der Waals surface area (Å²) < 4.78 is 10.5. The van der Waals surface area contributed by atoms with Gasteiger partial charge in [0.1, 0.15) is 0 Å². The fourth-order valence-corrected chi connectivity index (χ4v) is 1.52. The summed E-state index contributed by atoms with van der Waals surface area (Å²) in [6.07, 6.45) is 0.953. The zero-order chi connectivity index (χ0) is 12.3. The lowest BCUT2D eigenvalue weighted by Crippen LogP contribution is -2.11. The standard InChI is InChI=1S/C14H23NO2/c1-3-15-11-13-5-7-14(8-6-13)12-17-10-4-9-16-2/h5-8,15H,3-4,9-12H2,1-2H3. The molecule has 0 spiro atoms. The summed E-state index contributed by atoms with van der Waals surface area (Å²) in [6.45, 7) is 6.26. The topological polar surface area (TPSA) is 30.5 Å². The van der Waals surface area contributed by atoms with E-state index in [1.807, 2.05) is 0 Å². The lowest BCUT2D eigenvalue weighted by molar-refractivity contribution is 0.0928. The van der Waals surface area contributed by atoms with E-state index in [1.54, 1.807) is 7.11 Å². The van der Waals surface area contributed by atoms with Crippen LogP contribution in [0, 0.1) is 0 Å². The second kappa shape index (κ2) is 9.16. The SMILES string of the molecule is CCNCc1ccc(COCCCOC)cc1. The summed E-state index contributed by atoms with van der Waals surface area (Å²) in [5.74, 6) is 0. The molecule has 0 atom stereocenters. The summed E-state index contributed by atoms with van der Waals surface area (Å²) in [6, 6.07) is 8.55. The van der Waals surface area contributed by atoms with E-state index in [0.29, 0.717) is 6.61 Å². The minimum absolute atomic E-state index is 0.686. The molecule has 1 N–H and O–H groups in total. The average Bonchev–Trinajstić information content (AvgIpc) is 2.37. The molecular formula is C14H23NO2. The van der Waals surface area contributed by atoms with Crippen LogP contribution >= 0.6 is 0 Å². The van der Waals surface area contributed by atoms with Crippen molar-refractivity contribution in [3.05, 3.63) is 35.4 Å². The third-order valence-corrected chi connectivity index (χ3v) is 2.51. The van der Waals surface area contributed by atoms with E-state index in [2.05, 4.69) is 36.5 Å². The van der Waals surface area contributed by atoms with Crippen LogP contribution in [0.3, 0.4) is 0 Å². The molecule has 0 aromatic heterocycles. The van der Waals surface area contributed by atoms with Crippen molar-refractivity contribution in [3.8, 4) is 0 Å². The second-order valence-electron chi connectivity index (χ2n) is 4.00. The van der Waals surface area contributed by atoms with Crippen LogP contribution in [0.25, 0.3) is 0 Å². The van der Waals surface area contributed by atoms with E-state index in [0.717, 1.165) is 32.7 Å². The highest BCUT2D eigenvalue weighted by Crippen LogP contribution is 2.05. The molecule has 0 unspecified atom stereocenters. The molecular weight excluding hydrogens is 214 g/mol. The Kier molecular flexibility index (Phi) is 7.63. The molecule has 0 saturated carbocycles. The first kappa shape index (κ1) is 14.2. The molecule has 1 rings (SSSR count). The quantitative estimate of drug-likeness (QED) is 0.669. The van der Waals surface area contributed by atoms with E-state index in [1.165, 1.54) is 11.1 Å². The normalized spacial score (nSPS) is 10.7. The van der Waals surface area contributed by atoms with Gasteiger partial charge in [0.2, 0.25) is 0 Å². The Hall–Kier alpha value is -0.900. The highest BCUT2D eigenvalue weighted by atomic mass is 16.5. The fourth-order valence-electron chi connectivity index (χ4n) is 1.52. The Labute approximate surface area is 104 Å². The molecule has 3 nitrogen and oxygen atoms in total. The Morgan fingerprint density at radius 3 is 2.41 bits per heavy atom. The first-order valence-corrected chi connectivity index (χ1v) is 6.22. The monoisotopic (exact) mass is 237 g/mol. The molecule has 0 aliphatic carbocycles. The molecule has 0 aliphatic heterocycles. The summed E-state index contributed by atoms with van der Waals surface area (Å²) in [5.41, 5.74) is 2.54. The van der Waals surface area contributed by atoms with Gasteiger partial charge in [-0.25, -0.2) is 0 Å². The van der Waals surface area contributed by atoms with Crippen molar-refractivity contribution < 1.29 is 9.47 Å². The molecule has 96 valence electrons. The minimum atomic E-state index is 0.686. The van der Waals surface area contributed by atoms with Gasteiger partial charge >= 0.3 is 0 Å². The summed E-state index contributed by atoms with van der Waals surface area (Å²) in [7, 11) is 1.71. The van der Waals surface area contributed by atoms with Gasteiger partial charge in [-0.2, -0.15) is 0 Å². The molecule has 0 saturated heterocycles. The lowest BCUT2D eigenvalue weighted by Gasteiger charge is -2.06. The third kappa shape index (κ3) is 6.41. The fraction of sp³-hybridized carbons (Fsp3) is 0.571. The first-order valence-electron chi connectivity index (χ1n) is 6.22. The van der Waals surface area contributed by atoms with E-state index < -0.39 is 0 Å². The Balaban J connectivity index is 2.20. The smallest absolute Gasteiger partial charge is 0.0716 e. The van der Waals surface area contributed by atoms with Crippen molar-refractivity contribution in [2.75, 3.05) is 26.9 Å². The van der Waals surface area contributed by atoms with E-state index in [4.69, 9.17) is 9.47 Å².